The Morgan fingerprint density at radius 3 is 2.90 bits per heavy atom. The van der Waals surface area contributed by atoms with Gasteiger partial charge < -0.3 is 9.52 Å². The molecule has 0 spiro atoms. The molecule has 2 nitrogen and oxygen atoms in total. The number of aliphatic hydroxyl groups excluding tert-OH is 1. The Morgan fingerprint density at radius 2 is 2.40 bits per heavy atom. The molecule has 2 heteroatoms. The lowest BCUT2D eigenvalue weighted by molar-refractivity contribution is 0.288. The van der Waals surface area contributed by atoms with Crippen LogP contribution in [0.4, 0.5) is 0 Å². The zero-order valence-electron chi connectivity index (χ0n) is 6.13. The second kappa shape index (κ2) is 3.42. The van der Waals surface area contributed by atoms with E-state index in [1.54, 1.807) is 6.26 Å². The van der Waals surface area contributed by atoms with E-state index in [0.717, 1.165) is 18.6 Å². The second-order valence-electron chi connectivity index (χ2n) is 2.33. The third-order valence-electron chi connectivity index (χ3n) is 1.57. The van der Waals surface area contributed by atoms with Crippen LogP contribution in [0.2, 0.25) is 0 Å². The van der Waals surface area contributed by atoms with E-state index in [0.29, 0.717) is 0 Å². The van der Waals surface area contributed by atoms with Crippen molar-refractivity contribution in [2.45, 2.75) is 19.8 Å². The van der Waals surface area contributed by atoms with Crippen molar-refractivity contribution >= 4 is 0 Å². The van der Waals surface area contributed by atoms with Crippen molar-refractivity contribution < 1.29 is 9.52 Å². The van der Waals surface area contributed by atoms with Crippen LogP contribution in [0, 0.1) is 6.92 Å². The van der Waals surface area contributed by atoms with Gasteiger partial charge in [0.15, 0.2) is 0 Å². The summed E-state index contributed by atoms with van der Waals surface area (Å²) in [7, 11) is 0. The van der Waals surface area contributed by atoms with E-state index in [-0.39, 0.29) is 6.61 Å². The lowest BCUT2D eigenvalue weighted by atomic mass is 10.1. The van der Waals surface area contributed by atoms with Gasteiger partial charge in [-0.2, -0.15) is 0 Å². The maximum atomic E-state index is 8.53. The molecule has 0 aliphatic carbocycles. The predicted molar refractivity (Wildman–Crippen MR) is 38.9 cm³/mol. The molecule has 1 N–H and O–H groups in total. The molecule has 0 unspecified atom stereocenters. The largest absolute Gasteiger partial charge is 0.469 e. The van der Waals surface area contributed by atoms with Crippen molar-refractivity contribution in [3.05, 3.63) is 23.7 Å². The lowest BCUT2D eigenvalue weighted by Crippen LogP contribution is -1.88. The molecule has 0 amide bonds. The molecule has 0 radical (unpaired) electrons. The third-order valence-corrected chi connectivity index (χ3v) is 1.57. The van der Waals surface area contributed by atoms with Crippen LogP contribution in [0.3, 0.4) is 0 Å². The molecule has 56 valence electrons. The fourth-order valence-corrected chi connectivity index (χ4v) is 0.940. The molecule has 1 rings (SSSR count). The van der Waals surface area contributed by atoms with Crippen LogP contribution in [0.15, 0.2) is 16.7 Å². The minimum Gasteiger partial charge on any atom is -0.469 e. The van der Waals surface area contributed by atoms with Crippen LogP contribution in [-0.2, 0) is 6.42 Å². The summed E-state index contributed by atoms with van der Waals surface area (Å²) in [4.78, 5) is 0. The van der Waals surface area contributed by atoms with E-state index in [9.17, 15) is 0 Å². The van der Waals surface area contributed by atoms with Crippen molar-refractivity contribution in [3.63, 3.8) is 0 Å². The van der Waals surface area contributed by atoms with Crippen LogP contribution >= 0.6 is 0 Å². The third kappa shape index (κ3) is 1.61. The molecule has 0 bridgehead atoms. The van der Waals surface area contributed by atoms with Gasteiger partial charge >= 0.3 is 0 Å². The van der Waals surface area contributed by atoms with Crippen molar-refractivity contribution in [2.75, 3.05) is 6.61 Å². The molecule has 0 aliphatic rings. The highest BCUT2D eigenvalue weighted by Crippen LogP contribution is 2.10. The second-order valence-corrected chi connectivity index (χ2v) is 2.33. The standard InChI is InChI=1S/C8H12O2/c1-7-8(3-2-5-9)4-6-10-7/h4,6,9H,2-3,5H2,1H3. The molecule has 0 aliphatic heterocycles. The Labute approximate surface area is 60.5 Å². The molecule has 0 atom stereocenters. The maximum Gasteiger partial charge on any atom is 0.103 e. The highest BCUT2D eigenvalue weighted by atomic mass is 16.3. The Bertz CT molecular complexity index is 191. The number of hydrogen-bond donors (Lipinski definition) is 1. The van der Waals surface area contributed by atoms with E-state index in [2.05, 4.69) is 0 Å². The number of hydrogen-bond acceptors (Lipinski definition) is 2. The van der Waals surface area contributed by atoms with E-state index in [1.165, 1.54) is 5.56 Å². The normalized spacial score (nSPS) is 10.2. The first-order chi connectivity index (χ1) is 4.84. The summed E-state index contributed by atoms with van der Waals surface area (Å²) in [6, 6.07) is 1.95. The minimum atomic E-state index is 0.255. The molecule has 1 aromatic heterocycles. The molecule has 1 heterocycles. The molecule has 0 aromatic carbocycles. The average molecular weight is 140 g/mol. The van der Waals surface area contributed by atoms with E-state index < -0.39 is 0 Å². The Kier molecular flexibility index (Phi) is 2.51. The SMILES string of the molecule is Cc1occc1CCCO. The fraction of sp³-hybridized carbons (Fsp3) is 0.500. The Balaban J connectivity index is 2.49. The summed E-state index contributed by atoms with van der Waals surface area (Å²) in [5.74, 6) is 0.966. The van der Waals surface area contributed by atoms with Gasteiger partial charge in [-0.25, -0.2) is 0 Å². The molecule has 0 fully saturated rings. The smallest absolute Gasteiger partial charge is 0.103 e. The summed E-state index contributed by atoms with van der Waals surface area (Å²) in [6.45, 7) is 2.19. The molecule has 1 aromatic rings. The van der Waals surface area contributed by atoms with Gasteiger partial charge in [0.05, 0.1) is 6.26 Å². The number of aryl methyl sites for hydroxylation is 2. The lowest BCUT2D eigenvalue weighted by Gasteiger charge is -1.93. The highest BCUT2D eigenvalue weighted by molar-refractivity contribution is 5.15. The van der Waals surface area contributed by atoms with Gasteiger partial charge in [0.2, 0.25) is 0 Å². The number of aliphatic hydroxyl groups is 1. The van der Waals surface area contributed by atoms with E-state index in [4.69, 9.17) is 9.52 Å². The number of rotatable bonds is 3. The van der Waals surface area contributed by atoms with Gasteiger partial charge in [-0.15, -0.1) is 0 Å². The van der Waals surface area contributed by atoms with Crippen LogP contribution < -0.4 is 0 Å². The highest BCUT2D eigenvalue weighted by Gasteiger charge is 1.98. The Hall–Kier alpha value is -0.760. The summed E-state index contributed by atoms with van der Waals surface area (Å²) in [5, 5.41) is 8.53. The maximum absolute atomic E-state index is 8.53. The van der Waals surface area contributed by atoms with E-state index in [1.807, 2.05) is 13.0 Å². The first-order valence-corrected chi connectivity index (χ1v) is 3.48. The first kappa shape index (κ1) is 7.35. The number of furan rings is 1. The summed E-state index contributed by atoms with van der Waals surface area (Å²) < 4.78 is 5.08. The van der Waals surface area contributed by atoms with Gasteiger partial charge in [0, 0.05) is 6.61 Å². The molecule has 0 saturated carbocycles. The topological polar surface area (TPSA) is 33.4 Å². The quantitative estimate of drug-likeness (QED) is 0.690. The van der Waals surface area contributed by atoms with Crippen LogP contribution in [0.5, 0.6) is 0 Å². The minimum absolute atomic E-state index is 0.255. The van der Waals surface area contributed by atoms with Gasteiger partial charge in [-0.05, 0) is 31.4 Å². The Morgan fingerprint density at radius 1 is 1.60 bits per heavy atom. The van der Waals surface area contributed by atoms with Gasteiger partial charge in [0.25, 0.3) is 0 Å². The molecule has 0 saturated heterocycles. The van der Waals surface area contributed by atoms with Crippen molar-refractivity contribution in [3.8, 4) is 0 Å². The molecule has 10 heavy (non-hydrogen) atoms. The predicted octanol–water partition coefficient (Wildman–Crippen LogP) is 1.51. The summed E-state index contributed by atoms with van der Waals surface area (Å²) in [5.41, 5.74) is 1.20. The summed E-state index contributed by atoms with van der Waals surface area (Å²) >= 11 is 0. The fourth-order valence-electron chi connectivity index (χ4n) is 0.940. The zero-order valence-corrected chi connectivity index (χ0v) is 6.13. The van der Waals surface area contributed by atoms with Crippen LogP contribution in [-0.4, -0.2) is 11.7 Å². The van der Waals surface area contributed by atoms with Crippen LogP contribution in [0.25, 0.3) is 0 Å². The molecular formula is C8H12O2. The molecular weight excluding hydrogens is 128 g/mol. The van der Waals surface area contributed by atoms with Crippen molar-refractivity contribution in [2.24, 2.45) is 0 Å². The van der Waals surface area contributed by atoms with Crippen LogP contribution in [0.1, 0.15) is 17.7 Å². The van der Waals surface area contributed by atoms with Gasteiger partial charge in [-0.1, -0.05) is 0 Å². The van der Waals surface area contributed by atoms with Crippen molar-refractivity contribution in [1.29, 1.82) is 0 Å². The van der Waals surface area contributed by atoms with E-state index >= 15 is 0 Å². The zero-order chi connectivity index (χ0) is 7.40. The monoisotopic (exact) mass is 140 g/mol. The first-order valence-electron chi connectivity index (χ1n) is 3.48. The average Bonchev–Trinajstić information content (AvgIpc) is 2.31. The van der Waals surface area contributed by atoms with Gasteiger partial charge in [-0.3, -0.25) is 0 Å². The summed E-state index contributed by atoms with van der Waals surface area (Å²) in [6.07, 6.45) is 3.42. The van der Waals surface area contributed by atoms with Crippen molar-refractivity contribution in [1.82, 2.24) is 0 Å². The van der Waals surface area contributed by atoms with Gasteiger partial charge in [0.1, 0.15) is 5.76 Å².